The van der Waals surface area contributed by atoms with Crippen LogP contribution in [0, 0.1) is 0 Å². The number of esters is 1. The Bertz CT molecular complexity index is 1000. The summed E-state index contributed by atoms with van der Waals surface area (Å²) in [7, 11) is 0. The van der Waals surface area contributed by atoms with Gasteiger partial charge in [0, 0.05) is 17.5 Å². The van der Waals surface area contributed by atoms with Crippen molar-refractivity contribution in [3.63, 3.8) is 0 Å². The van der Waals surface area contributed by atoms with Crippen LogP contribution in [0.4, 0.5) is 0 Å². The number of carbonyl (C=O) groups is 2. The summed E-state index contributed by atoms with van der Waals surface area (Å²) in [4.78, 5) is 36.2. The highest BCUT2D eigenvalue weighted by Gasteiger charge is 2.16. The quantitative estimate of drug-likeness (QED) is 0.429. The zero-order valence-electron chi connectivity index (χ0n) is 14.3. The van der Waals surface area contributed by atoms with Gasteiger partial charge >= 0.3 is 11.6 Å². The number of furan rings is 1. The SMILES string of the molecule is CCC(C)NC(=O)c1cc2ccc(OC(=O)c3ccco3)cc2oc1=O. The number of amides is 1. The molecule has 7 nitrogen and oxygen atoms in total. The first kappa shape index (κ1) is 17.5. The lowest BCUT2D eigenvalue weighted by Gasteiger charge is -2.11. The highest BCUT2D eigenvalue weighted by Crippen LogP contribution is 2.21. The number of hydrogen-bond acceptors (Lipinski definition) is 6. The first-order valence-corrected chi connectivity index (χ1v) is 8.12. The highest BCUT2D eigenvalue weighted by atomic mass is 16.5. The summed E-state index contributed by atoms with van der Waals surface area (Å²) in [5.41, 5.74) is -0.620. The molecule has 26 heavy (non-hydrogen) atoms. The van der Waals surface area contributed by atoms with Crippen LogP contribution in [-0.4, -0.2) is 17.9 Å². The van der Waals surface area contributed by atoms with E-state index in [1.54, 1.807) is 18.2 Å². The Morgan fingerprint density at radius 1 is 1.23 bits per heavy atom. The van der Waals surface area contributed by atoms with E-state index < -0.39 is 17.5 Å². The Morgan fingerprint density at radius 3 is 2.73 bits per heavy atom. The third kappa shape index (κ3) is 3.66. The number of benzene rings is 1. The molecule has 134 valence electrons. The number of carbonyl (C=O) groups excluding carboxylic acids is 2. The first-order chi connectivity index (χ1) is 12.5. The van der Waals surface area contributed by atoms with Gasteiger partial charge in [-0.15, -0.1) is 0 Å². The van der Waals surface area contributed by atoms with Crippen molar-refractivity contribution < 1.29 is 23.2 Å². The Labute approximate surface area is 148 Å². The van der Waals surface area contributed by atoms with Crippen molar-refractivity contribution in [2.75, 3.05) is 0 Å². The second-order valence-corrected chi connectivity index (χ2v) is 5.80. The fraction of sp³-hybridized carbons (Fsp3) is 0.211. The average Bonchev–Trinajstić information content (AvgIpc) is 3.15. The first-order valence-electron chi connectivity index (χ1n) is 8.12. The fourth-order valence-corrected chi connectivity index (χ4v) is 2.27. The van der Waals surface area contributed by atoms with Crippen molar-refractivity contribution >= 4 is 22.8 Å². The summed E-state index contributed by atoms with van der Waals surface area (Å²) in [6.45, 7) is 3.78. The van der Waals surface area contributed by atoms with Gasteiger partial charge < -0.3 is 18.9 Å². The zero-order valence-corrected chi connectivity index (χ0v) is 14.3. The topological polar surface area (TPSA) is 98.8 Å². The van der Waals surface area contributed by atoms with E-state index in [0.717, 1.165) is 6.42 Å². The van der Waals surface area contributed by atoms with E-state index in [-0.39, 0.29) is 28.7 Å². The molecular formula is C19H17NO6. The Balaban J connectivity index is 1.87. The van der Waals surface area contributed by atoms with Crippen LogP contribution < -0.4 is 15.7 Å². The van der Waals surface area contributed by atoms with Crippen LogP contribution in [0.2, 0.25) is 0 Å². The molecule has 1 atom stereocenters. The summed E-state index contributed by atoms with van der Waals surface area (Å²) in [5, 5.41) is 3.26. The van der Waals surface area contributed by atoms with Gasteiger partial charge in [0.25, 0.3) is 5.91 Å². The molecule has 1 aromatic carbocycles. The van der Waals surface area contributed by atoms with Crippen LogP contribution in [0.25, 0.3) is 11.0 Å². The third-order valence-corrected chi connectivity index (χ3v) is 3.87. The normalized spacial score (nSPS) is 11.9. The van der Waals surface area contributed by atoms with E-state index in [0.29, 0.717) is 5.39 Å². The van der Waals surface area contributed by atoms with Crippen LogP contribution in [0.3, 0.4) is 0 Å². The molecule has 1 N–H and O–H groups in total. The van der Waals surface area contributed by atoms with Crippen molar-refractivity contribution in [1.82, 2.24) is 5.32 Å². The van der Waals surface area contributed by atoms with E-state index in [4.69, 9.17) is 13.6 Å². The standard InChI is InChI=1S/C19H17NO6/c1-3-11(2)20-17(21)14-9-12-6-7-13(10-16(12)26-18(14)22)25-19(23)15-5-4-8-24-15/h4-11H,3H2,1-2H3,(H,20,21). The molecular weight excluding hydrogens is 338 g/mol. The molecule has 1 amide bonds. The molecule has 0 fully saturated rings. The molecule has 0 spiro atoms. The van der Waals surface area contributed by atoms with E-state index in [1.807, 2.05) is 13.8 Å². The third-order valence-electron chi connectivity index (χ3n) is 3.87. The van der Waals surface area contributed by atoms with E-state index >= 15 is 0 Å². The molecule has 2 aromatic heterocycles. The number of fused-ring (bicyclic) bond motifs is 1. The lowest BCUT2D eigenvalue weighted by atomic mass is 10.1. The van der Waals surface area contributed by atoms with Gasteiger partial charge in [-0.05, 0) is 43.7 Å². The van der Waals surface area contributed by atoms with Crippen molar-refractivity contribution in [3.8, 4) is 5.75 Å². The minimum atomic E-state index is -0.757. The van der Waals surface area contributed by atoms with E-state index in [1.165, 1.54) is 24.5 Å². The van der Waals surface area contributed by atoms with Crippen molar-refractivity contribution in [2.24, 2.45) is 0 Å². The molecule has 0 saturated heterocycles. The lowest BCUT2D eigenvalue weighted by Crippen LogP contribution is -2.34. The van der Waals surface area contributed by atoms with Crippen LogP contribution in [-0.2, 0) is 0 Å². The van der Waals surface area contributed by atoms with Gasteiger partial charge in [0.15, 0.2) is 0 Å². The monoisotopic (exact) mass is 355 g/mol. The minimum Gasteiger partial charge on any atom is -0.457 e. The molecule has 7 heteroatoms. The van der Waals surface area contributed by atoms with Crippen LogP contribution in [0.5, 0.6) is 5.75 Å². The van der Waals surface area contributed by atoms with Crippen LogP contribution in [0.15, 0.2) is 56.3 Å². The van der Waals surface area contributed by atoms with Crippen LogP contribution >= 0.6 is 0 Å². The summed E-state index contributed by atoms with van der Waals surface area (Å²) in [6.07, 6.45) is 2.11. The molecule has 0 aliphatic rings. The second kappa shape index (κ2) is 7.26. The molecule has 3 aromatic rings. The molecule has 2 heterocycles. The van der Waals surface area contributed by atoms with Gasteiger partial charge in [0.2, 0.25) is 5.76 Å². The van der Waals surface area contributed by atoms with Crippen molar-refractivity contribution in [3.05, 3.63) is 64.4 Å². The maximum Gasteiger partial charge on any atom is 0.379 e. The average molecular weight is 355 g/mol. The summed E-state index contributed by atoms with van der Waals surface area (Å²) >= 11 is 0. The smallest absolute Gasteiger partial charge is 0.379 e. The predicted octanol–water partition coefficient (Wildman–Crippen LogP) is 3.13. The highest BCUT2D eigenvalue weighted by molar-refractivity contribution is 5.97. The van der Waals surface area contributed by atoms with Gasteiger partial charge in [-0.2, -0.15) is 0 Å². The summed E-state index contributed by atoms with van der Waals surface area (Å²) in [6, 6.07) is 9.00. The number of rotatable bonds is 5. The molecule has 3 rings (SSSR count). The predicted molar refractivity (Wildman–Crippen MR) is 93.4 cm³/mol. The van der Waals surface area contributed by atoms with Gasteiger partial charge in [-0.25, -0.2) is 9.59 Å². The Kier molecular flexibility index (Phi) is 4.88. The van der Waals surface area contributed by atoms with Gasteiger partial charge in [0.05, 0.1) is 6.26 Å². The molecule has 0 radical (unpaired) electrons. The summed E-state index contributed by atoms with van der Waals surface area (Å²) in [5.74, 6) is -0.896. The minimum absolute atomic E-state index is 0.0546. The van der Waals surface area contributed by atoms with Gasteiger partial charge in [-0.1, -0.05) is 6.92 Å². The molecule has 1 unspecified atom stereocenters. The second-order valence-electron chi connectivity index (χ2n) is 5.80. The summed E-state index contributed by atoms with van der Waals surface area (Å²) < 4.78 is 15.4. The van der Waals surface area contributed by atoms with Crippen molar-refractivity contribution in [1.29, 1.82) is 0 Å². The van der Waals surface area contributed by atoms with E-state index in [9.17, 15) is 14.4 Å². The zero-order chi connectivity index (χ0) is 18.7. The van der Waals surface area contributed by atoms with E-state index in [2.05, 4.69) is 5.32 Å². The molecule has 0 aliphatic carbocycles. The largest absolute Gasteiger partial charge is 0.457 e. The number of ether oxygens (including phenoxy) is 1. The van der Waals surface area contributed by atoms with Crippen LogP contribution in [0.1, 0.15) is 41.2 Å². The Morgan fingerprint density at radius 2 is 2.04 bits per heavy atom. The molecule has 0 aliphatic heterocycles. The molecule has 0 bridgehead atoms. The lowest BCUT2D eigenvalue weighted by molar-refractivity contribution is 0.0701. The molecule has 0 saturated carbocycles. The Hall–Kier alpha value is -3.35. The van der Waals surface area contributed by atoms with Gasteiger partial charge in [0.1, 0.15) is 16.9 Å². The fourth-order valence-electron chi connectivity index (χ4n) is 2.27. The number of nitrogens with one attached hydrogen (secondary N) is 1. The number of hydrogen-bond donors (Lipinski definition) is 1. The maximum absolute atomic E-state index is 12.2. The van der Waals surface area contributed by atoms with Crippen molar-refractivity contribution in [2.45, 2.75) is 26.3 Å². The maximum atomic E-state index is 12.2. The van der Waals surface area contributed by atoms with Gasteiger partial charge in [-0.3, -0.25) is 4.79 Å².